The molecule has 35 heavy (non-hydrogen) atoms. The minimum Gasteiger partial charge on any atom is -0.454 e. The van der Waals surface area contributed by atoms with Gasteiger partial charge in [-0.15, -0.1) is 0 Å². The summed E-state index contributed by atoms with van der Waals surface area (Å²) < 4.78 is 10.8. The van der Waals surface area contributed by atoms with Gasteiger partial charge in [0, 0.05) is 24.7 Å². The van der Waals surface area contributed by atoms with E-state index in [1.54, 1.807) is 11.0 Å². The molecule has 1 saturated carbocycles. The van der Waals surface area contributed by atoms with Crippen molar-refractivity contribution in [2.24, 2.45) is 5.92 Å². The van der Waals surface area contributed by atoms with E-state index in [-0.39, 0.29) is 37.1 Å². The normalized spacial score (nSPS) is 24.3. The molecule has 0 unspecified atom stereocenters. The Kier molecular flexibility index (Phi) is 5.19. The second-order valence-electron chi connectivity index (χ2n) is 9.88. The third-order valence-electron chi connectivity index (χ3n) is 7.85. The highest BCUT2D eigenvalue weighted by Crippen LogP contribution is 2.40. The van der Waals surface area contributed by atoms with Crippen LogP contribution in [0.1, 0.15) is 66.7 Å². The molecule has 1 atom stereocenters. The van der Waals surface area contributed by atoms with Crippen LogP contribution < -0.4 is 14.8 Å². The number of carbonyl (C=O) groups is 3. The lowest BCUT2D eigenvalue weighted by molar-refractivity contribution is -0.134. The Morgan fingerprint density at radius 2 is 1.89 bits per heavy atom. The molecule has 184 valence electrons. The fourth-order valence-corrected chi connectivity index (χ4v) is 5.60. The van der Waals surface area contributed by atoms with Gasteiger partial charge < -0.3 is 19.7 Å². The molecule has 2 saturated heterocycles. The second-order valence-corrected chi connectivity index (χ2v) is 9.88. The molecule has 10 nitrogen and oxygen atoms in total. The molecule has 4 heterocycles. The number of piperidine rings is 1. The van der Waals surface area contributed by atoms with Crippen molar-refractivity contribution < 1.29 is 23.9 Å². The number of likely N-dealkylation sites (tertiary alicyclic amines) is 1. The van der Waals surface area contributed by atoms with Gasteiger partial charge in [-0.3, -0.25) is 19.6 Å². The van der Waals surface area contributed by atoms with Crippen molar-refractivity contribution in [3.63, 3.8) is 0 Å². The third kappa shape index (κ3) is 3.71. The van der Waals surface area contributed by atoms with E-state index in [9.17, 15) is 14.4 Å². The third-order valence-corrected chi connectivity index (χ3v) is 7.85. The number of hydrogen-bond donors (Lipinski definition) is 2. The maximum atomic E-state index is 13.6. The van der Waals surface area contributed by atoms with Crippen LogP contribution in [0.25, 0.3) is 0 Å². The lowest BCUT2D eigenvalue weighted by Gasteiger charge is -2.40. The monoisotopic (exact) mass is 479 g/mol. The largest absolute Gasteiger partial charge is 0.454 e. The van der Waals surface area contributed by atoms with Crippen LogP contribution in [0.3, 0.4) is 0 Å². The molecule has 3 fully saturated rings. The van der Waals surface area contributed by atoms with Gasteiger partial charge in [-0.2, -0.15) is 5.10 Å². The number of H-pyrrole nitrogens is 1. The van der Waals surface area contributed by atoms with E-state index >= 15 is 0 Å². The van der Waals surface area contributed by atoms with Crippen molar-refractivity contribution >= 4 is 17.8 Å². The van der Waals surface area contributed by atoms with Gasteiger partial charge in [-0.05, 0) is 61.8 Å². The van der Waals surface area contributed by atoms with Crippen LogP contribution in [0.5, 0.6) is 11.5 Å². The smallest absolute Gasteiger partial charge is 0.325 e. The molecule has 1 aromatic carbocycles. The van der Waals surface area contributed by atoms with E-state index in [0.29, 0.717) is 55.5 Å². The summed E-state index contributed by atoms with van der Waals surface area (Å²) in [6.07, 6.45) is 4.07. The molecule has 3 aliphatic heterocycles. The first-order valence-corrected chi connectivity index (χ1v) is 12.4. The number of fused-ring (bicyclic) bond motifs is 1. The zero-order valence-corrected chi connectivity index (χ0v) is 19.7. The average Bonchev–Trinajstić information content (AvgIpc) is 3.32. The van der Waals surface area contributed by atoms with Crippen molar-refractivity contribution in [3.8, 4) is 11.5 Å². The van der Waals surface area contributed by atoms with E-state index in [1.165, 1.54) is 4.90 Å². The minimum atomic E-state index is -0.950. The molecule has 4 amide bonds. The summed E-state index contributed by atoms with van der Waals surface area (Å²) >= 11 is 0. The Morgan fingerprint density at radius 1 is 1.11 bits per heavy atom. The molecule has 10 heteroatoms. The summed E-state index contributed by atoms with van der Waals surface area (Å²) in [4.78, 5) is 42.6. The fraction of sp³-hybridized carbons (Fsp3) is 0.520. The molecule has 6 rings (SSSR count). The van der Waals surface area contributed by atoms with E-state index in [1.807, 2.05) is 25.1 Å². The summed E-state index contributed by atoms with van der Waals surface area (Å²) in [6, 6.07) is 6.94. The Labute approximate surface area is 202 Å². The number of nitrogens with one attached hydrogen (secondary N) is 2. The number of hydrogen-bond acceptors (Lipinski definition) is 6. The highest BCUT2D eigenvalue weighted by atomic mass is 16.7. The number of aromatic amines is 1. The molecule has 1 aliphatic carbocycles. The standard InChI is InChI=1S/C25H29N5O5/c1-2-25(17-7-9-29(10-8-17)22(31)19-12-18(27-28-19)16-4-5-16)23(32)30(24(33)26-25)13-15-3-6-20-21(11-15)35-14-34-20/h3,6,11-12,16-17H,2,4-5,7-10,13-14H2,1H3,(H,26,33)(H,27,28)/t25-/m1/s1. The summed E-state index contributed by atoms with van der Waals surface area (Å²) in [5.41, 5.74) is 1.34. The van der Waals surface area contributed by atoms with Crippen LogP contribution in [-0.2, 0) is 11.3 Å². The van der Waals surface area contributed by atoms with E-state index in [0.717, 1.165) is 24.1 Å². The Morgan fingerprint density at radius 3 is 2.63 bits per heavy atom. The SMILES string of the molecule is CC[C@]1(C2CCN(C(=O)c3cc(C4CC4)[nH]n3)CC2)NC(=O)N(Cc2ccc3c(c2)OCO3)C1=O. The molecule has 4 aliphatic rings. The number of imide groups is 1. The lowest BCUT2D eigenvalue weighted by Crippen LogP contribution is -2.56. The molecule has 1 aromatic heterocycles. The van der Waals surface area contributed by atoms with Crippen LogP contribution in [-0.4, -0.2) is 63.3 Å². The first-order chi connectivity index (χ1) is 17.0. The number of benzene rings is 1. The number of rotatable bonds is 6. The Hall–Kier alpha value is -3.56. The van der Waals surface area contributed by atoms with Crippen molar-refractivity contribution in [1.82, 2.24) is 25.3 Å². The number of aromatic nitrogens is 2. The van der Waals surface area contributed by atoms with Gasteiger partial charge in [-0.1, -0.05) is 13.0 Å². The average molecular weight is 480 g/mol. The van der Waals surface area contributed by atoms with Crippen molar-refractivity contribution in [2.45, 2.75) is 57.0 Å². The van der Waals surface area contributed by atoms with Crippen LogP contribution in [0, 0.1) is 5.92 Å². The number of carbonyl (C=O) groups excluding carboxylic acids is 3. The van der Waals surface area contributed by atoms with Crippen molar-refractivity contribution in [1.29, 1.82) is 0 Å². The summed E-state index contributed by atoms with van der Waals surface area (Å²) in [5.74, 6) is 1.47. The zero-order chi connectivity index (χ0) is 24.2. The molecular formula is C25H29N5O5. The summed E-state index contributed by atoms with van der Waals surface area (Å²) in [7, 11) is 0. The Balaban J connectivity index is 1.13. The van der Waals surface area contributed by atoms with Gasteiger partial charge in [0.1, 0.15) is 11.2 Å². The van der Waals surface area contributed by atoms with Gasteiger partial charge >= 0.3 is 6.03 Å². The Bertz CT molecular complexity index is 1180. The van der Waals surface area contributed by atoms with Gasteiger partial charge in [0.15, 0.2) is 11.5 Å². The first-order valence-electron chi connectivity index (χ1n) is 12.4. The zero-order valence-electron chi connectivity index (χ0n) is 19.7. The number of ether oxygens (including phenoxy) is 2. The molecule has 0 spiro atoms. The quantitative estimate of drug-likeness (QED) is 0.616. The molecule has 2 N–H and O–H groups in total. The highest BCUT2D eigenvalue weighted by molar-refractivity contribution is 6.07. The predicted molar refractivity (Wildman–Crippen MR) is 124 cm³/mol. The molecule has 0 radical (unpaired) electrons. The van der Waals surface area contributed by atoms with E-state index in [4.69, 9.17) is 9.47 Å². The second kappa shape index (κ2) is 8.28. The minimum absolute atomic E-state index is 0.0454. The van der Waals surface area contributed by atoms with E-state index < -0.39 is 5.54 Å². The maximum Gasteiger partial charge on any atom is 0.325 e. The lowest BCUT2D eigenvalue weighted by atomic mass is 9.75. The van der Waals surface area contributed by atoms with Crippen LogP contribution in [0.15, 0.2) is 24.3 Å². The van der Waals surface area contributed by atoms with Gasteiger partial charge in [0.05, 0.1) is 6.54 Å². The molecule has 2 aromatic rings. The van der Waals surface area contributed by atoms with Gasteiger partial charge in [0.25, 0.3) is 11.8 Å². The molecular weight excluding hydrogens is 450 g/mol. The maximum absolute atomic E-state index is 13.6. The summed E-state index contributed by atoms with van der Waals surface area (Å²) in [6.45, 7) is 3.33. The number of nitrogens with zero attached hydrogens (tertiary/aromatic N) is 3. The van der Waals surface area contributed by atoms with Crippen LogP contribution in [0.4, 0.5) is 4.79 Å². The van der Waals surface area contributed by atoms with E-state index in [2.05, 4.69) is 15.5 Å². The van der Waals surface area contributed by atoms with Crippen LogP contribution in [0.2, 0.25) is 0 Å². The van der Waals surface area contributed by atoms with Crippen molar-refractivity contribution in [2.75, 3.05) is 19.9 Å². The highest BCUT2D eigenvalue weighted by Gasteiger charge is 2.55. The summed E-state index contributed by atoms with van der Waals surface area (Å²) in [5, 5.41) is 10.2. The van der Waals surface area contributed by atoms with Gasteiger partial charge in [0.2, 0.25) is 6.79 Å². The number of amides is 4. The molecule has 0 bridgehead atoms. The first kappa shape index (κ1) is 21.9. The van der Waals surface area contributed by atoms with Gasteiger partial charge in [-0.25, -0.2) is 4.79 Å². The topological polar surface area (TPSA) is 117 Å². The predicted octanol–water partition coefficient (Wildman–Crippen LogP) is 2.77. The van der Waals surface area contributed by atoms with Crippen molar-refractivity contribution in [3.05, 3.63) is 41.2 Å². The van der Waals surface area contributed by atoms with Crippen LogP contribution >= 0.6 is 0 Å². The fourth-order valence-electron chi connectivity index (χ4n) is 5.60. The number of urea groups is 1.